The normalized spacial score (nSPS) is 11.8. The highest BCUT2D eigenvalue weighted by Crippen LogP contribution is 2.25. The van der Waals surface area contributed by atoms with Crippen LogP contribution in [0.5, 0.6) is 0 Å². The van der Waals surface area contributed by atoms with E-state index in [2.05, 4.69) is 26.0 Å². The first-order valence-corrected chi connectivity index (χ1v) is 6.77. The molecule has 1 rings (SSSR count). The van der Waals surface area contributed by atoms with Crippen molar-refractivity contribution in [1.29, 1.82) is 10.7 Å². The van der Waals surface area contributed by atoms with Crippen molar-refractivity contribution in [3.8, 4) is 6.07 Å². The Morgan fingerprint density at radius 3 is 2.78 bits per heavy atom. The molecule has 0 spiro atoms. The van der Waals surface area contributed by atoms with Gasteiger partial charge in [-0.2, -0.15) is 5.26 Å². The molecule has 0 aliphatic carbocycles. The summed E-state index contributed by atoms with van der Waals surface area (Å²) < 4.78 is 0. The quantitative estimate of drug-likeness (QED) is 0.695. The van der Waals surface area contributed by atoms with Crippen molar-refractivity contribution in [2.45, 2.75) is 51.9 Å². The van der Waals surface area contributed by atoms with Crippen molar-refractivity contribution in [3.05, 3.63) is 35.4 Å². The second-order valence-corrected chi connectivity index (χ2v) is 4.75. The molecule has 0 aliphatic rings. The third kappa shape index (κ3) is 4.33. The molecule has 96 valence electrons. The summed E-state index contributed by atoms with van der Waals surface area (Å²) in [5.41, 5.74) is 2.75. The fourth-order valence-corrected chi connectivity index (χ4v) is 2.15. The van der Waals surface area contributed by atoms with Crippen LogP contribution in [0.1, 0.15) is 63.0 Å². The minimum atomic E-state index is 0.377. The molecule has 2 nitrogen and oxygen atoms in total. The minimum absolute atomic E-state index is 0.377. The van der Waals surface area contributed by atoms with Crippen molar-refractivity contribution < 1.29 is 0 Å². The Labute approximate surface area is 110 Å². The van der Waals surface area contributed by atoms with Gasteiger partial charge in [-0.05, 0) is 49.3 Å². The molecule has 1 aromatic rings. The number of hydrogen-bond acceptors (Lipinski definition) is 2. The van der Waals surface area contributed by atoms with Gasteiger partial charge in [-0.15, -0.1) is 0 Å². The average Bonchev–Trinajstić information content (AvgIpc) is 2.42. The predicted octanol–water partition coefficient (Wildman–Crippen LogP) is 4.65. The van der Waals surface area contributed by atoms with E-state index < -0.39 is 0 Å². The Morgan fingerprint density at radius 1 is 1.39 bits per heavy atom. The van der Waals surface area contributed by atoms with Crippen LogP contribution in [0.15, 0.2) is 24.3 Å². The van der Waals surface area contributed by atoms with E-state index in [-0.39, 0.29) is 0 Å². The number of benzene rings is 1. The van der Waals surface area contributed by atoms with Crippen LogP contribution in [0.2, 0.25) is 0 Å². The Balaban J connectivity index is 2.71. The van der Waals surface area contributed by atoms with Gasteiger partial charge in [-0.3, -0.25) is 0 Å². The Bertz CT molecular complexity index is 429. The summed E-state index contributed by atoms with van der Waals surface area (Å²) in [6, 6.07) is 9.98. The van der Waals surface area contributed by atoms with Crippen molar-refractivity contribution in [1.82, 2.24) is 0 Å². The van der Waals surface area contributed by atoms with Crippen molar-refractivity contribution in [3.63, 3.8) is 0 Å². The largest absolute Gasteiger partial charge is 0.310 e. The van der Waals surface area contributed by atoms with Crippen LogP contribution < -0.4 is 0 Å². The zero-order valence-corrected chi connectivity index (χ0v) is 11.4. The maximum absolute atomic E-state index is 8.92. The van der Waals surface area contributed by atoms with Gasteiger partial charge in [-0.25, -0.2) is 0 Å². The SMILES string of the molecule is CCCCC(=N)C[C@@H](CC)c1cccc(C#N)c1. The summed E-state index contributed by atoms with van der Waals surface area (Å²) >= 11 is 0. The van der Waals surface area contributed by atoms with Crippen molar-refractivity contribution in [2.75, 3.05) is 0 Å². The molecule has 2 heteroatoms. The Morgan fingerprint density at radius 2 is 2.17 bits per heavy atom. The van der Waals surface area contributed by atoms with E-state index in [1.54, 1.807) is 0 Å². The Kier molecular flexibility index (Phi) is 6.14. The van der Waals surface area contributed by atoms with E-state index in [1.807, 2.05) is 18.2 Å². The van der Waals surface area contributed by atoms with Gasteiger partial charge in [0.05, 0.1) is 11.6 Å². The molecule has 0 heterocycles. The van der Waals surface area contributed by atoms with E-state index in [1.165, 1.54) is 5.56 Å². The third-order valence-corrected chi connectivity index (χ3v) is 3.30. The Hall–Kier alpha value is -1.62. The summed E-state index contributed by atoms with van der Waals surface area (Å²) in [6.07, 6.45) is 5.00. The molecule has 0 amide bonds. The smallest absolute Gasteiger partial charge is 0.0991 e. The zero-order chi connectivity index (χ0) is 13.4. The summed E-state index contributed by atoms with van der Waals surface area (Å²) in [7, 11) is 0. The molecule has 0 aliphatic heterocycles. The maximum atomic E-state index is 8.92. The lowest BCUT2D eigenvalue weighted by Crippen LogP contribution is -2.06. The fourth-order valence-electron chi connectivity index (χ4n) is 2.15. The number of unbranched alkanes of at least 4 members (excludes halogenated alkanes) is 1. The summed E-state index contributed by atoms with van der Waals surface area (Å²) in [6.45, 7) is 4.30. The van der Waals surface area contributed by atoms with E-state index >= 15 is 0 Å². The molecule has 1 N–H and O–H groups in total. The molecule has 18 heavy (non-hydrogen) atoms. The van der Waals surface area contributed by atoms with E-state index in [0.29, 0.717) is 11.5 Å². The van der Waals surface area contributed by atoms with Crippen molar-refractivity contribution >= 4 is 5.71 Å². The fraction of sp³-hybridized carbons (Fsp3) is 0.500. The summed E-state index contributed by atoms with van der Waals surface area (Å²) in [5.74, 6) is 0.377. The van der Waals surface area contributed by atoms with Gasteiger partial charge < -0.3 is 5.41 Å². The molecule has 0 unspecified atom stereocenters. The van der Waals surface area contributed by atoms with Crippen LogP contribution in [0.3, 0.4) is 0 Å². The summed E-state index contributed by atoms with van der Waals surface area (Å²) in [4.78, 5) is 0. The first kappa shape index (κ1) is 14.4. The lowest BCUT2D eigenvalue weighted by Gasteiger charge is -2.16. The van der Waals surface area contributed by atoms with Gasteiger partial charge in [0.1, 0.15) is 0 Å². The standard InChI is InChI=1S/C16H22N2/c1-3-5-9-16(18)11-14(4-2)15-8-6-7-13(10-15)12-17/h6-8,10,14,18H,3-5,9,11H2,1-2H3/t14-/m1/s1. The first-order chi connectivity index (χ1) is 8.71. The average molecular weight is 242 g/mol. The van der Waals surface area contributed by atoms with E-state index in [0.717, 1.165) is 37.8 Å². The number of nitrogens with one attached hydrogen (secondary N) is 1. The molecule has 0 fully saturated rings. The van der Waals surface area contributed by atoms with Gasteiger partial charge in [0.15, 0.2) is 0 Å². The molecule has 0 aromatic heterocycles. The van der Waals surface area contributed by atoms with E-state index in [4.69, 9.17) is 10.7 Å². The lowest BCUT2D eigenvalue weighted by molar-refractivity contribution is 0.676. The molecular formula is C16H22N2. The second-order valence-electron chi connectivity index (χ2n) is 4.75. The van der Waals surface area contributed by atoms with Crippen molar-refractivity contribution in [2.24, 2.45) is 0 Å². The monoisotopic (exact) mass is 242 g/mol. The molecule has 1 atom stereocenters. The van der Waals surface area contributed by atoms with E-state index in [9.17, 15) is 0 Å². The van der Waals surface area contributed by atoms with Crippen LogP contribution in [-0.4, -0.2) is 5.71 Å². The number of nitriles is 1. The van der Waals surface area contributed by atoms with Gasteiger partial charge in [0.2, 0.25) is 0 Å². The summed E-state index contributed by atoms with van der Waals surface area (Å²) in [5, 5.41) is 16.9. The van der Waals surface area contributed by atoms with Gasteiger partial charge in [0, 0.05) is 5.71 Å². The van der Waals surface area contributed by atoms with Crippen LogP contribution in [0.4, 0.5) is 0 Å². The van der Waals surface area contributed by atoms with Gasteiger partial charge >= 0.3 is 0 Å². The number of rotatable bonds is 7. The van der Waals surface area contributed by atoms with Gasteiger partial charge in [0.25, 0.3) is 0 Å². The topological polar surface area (TPSA) is 47.6 Å². The van der Waals surface area contributed by atoms with Crippen LogP contribution in [-0.2, 0) is 0 Å². The highest BCUT2D eigenvalue weighted by atomic mass is 14.4. The third-order valence-electron chi connectivity index (χ3n) is 3.30. The maximum Gasteiger partial charge on any atom is 0.0991 e. The predicted molar refractivity (Wildman–Crippen MR) is 76.1 cm³/mol. The molecule has 1 aromatic carbocycles. The number of hydrogen-bond donors (Lipinski definition) is 1. The van der Waals surface area contributed by atoms with Crippen LogP contribution in [0.25, 0.3) is 0 Å². The number of nitrogens with zero attached hydrogens (tertiary/aromatic N) is 1. The first-order valence-electron chi connectivity index (χ1n) is 6.77. The molecule has 0 bridgehead atoms. The van der Waals surface area contributed by atoms with Gasteiger partial charge in [-0.1, -0.05) is 32.4 Å². The zero-order valence-electron chi connectivity index (χ0n) is 11.4. The lowest BCUT2D eigenvalue weighted by atomic mass is 9.89. The highest BCUT2D eigenvalue weighted by molar-refractivity contribution is 5.82. The van der Waals surface area contributed by atoms with Crippen LogP contribution >= 0.6 is 0 Å². The molecule has 0 saturated carbocycles. The second kappa shape index (κ2) is 7.66. The molecule has 0 radical (unpaired) electrons. The molecule has 0 saturated heterocycles. The highest BCUT2D eigenvalue weighted by Gasteiger charge is 2.12. The van der Waals surface area contributed by atoms with Crippen LogP contribution in [0, 0.1) is 16.7 Å². The minimum Gasteiger partial charge on any atom is -0.310 e. The molecular weight excluding hydrogens is 220 g/mol.